The topological polar surface area (TPSA) is 42.0 Å². The van der Waals surface area contributed by atoms with Crippen LogP contribution >= 0.6 is 11.3 Å². The number of nitrogens with one attached hydrogen (secondary N) is 1. The number of amides is 1. The van der Waals surface area contributed by atoms with Gasteiger partial charge in [0.1, 0.15) is 10.8 Å². The number of hydrogen-bond acceptors (Lipinski definition) is 3. The maximum absolute atomic E-state index is 13.2. The van der Waals surface area contributed by atoms with Gasteiger partial charge in [0, 0.05) is 17.5 Å². The van der Waals surface area contributed by atoms with Gasteiger partial charge in [0.05, 0.1) is 12.1 Å². The molecule has 0 bridgehead atoms. The highest BCUT2D eigenvalue weighted by Gasteiger charge is 2.09. The SMILES string of the molecule is O=C(Cc1csc(-c2cccc(F)c2)n1)NCc1ccccc1. The summed E-state index contributed by atoms with van der Waals surface area (Å²) in [5, 5.41) is 5.42. The van der Waals surface area contributed by atoms with Crippen molar-refractivity contribution in [2.75, 3.05) is 0 Å². The molecule has 3 rings (SSSR count). The Morgan fingerprint density at radius 1 is 1.13 bits per heavy atom. The number of carbonyl (C=O) groups excluding carboxylic acids is 1. The summed E-state index contributed by atoms with van der Waals surface area (Å²) in [7, 11) is 0. The molecule has 0 aliphatic heterocycles. The molecule has 1 N–H and O–H groups in total. The minimum absolute atomic E-state index is 0.0788. The maximum Gasteiger partial charge on any atom is 0.226 e. The molecule has 5 heteroatoms. The fourth-order valence-corrected chi connectivity index (χ4v) is 2.98. The molecule has 116 valence electrons. The van der Waals surface area contributed by atoms with Crippen LogP contribution in [0.4, 0.5) is 4.39 Å². The van der Waals surface area contributed by atoms with Crippen LogP contribution in [-0.2, 0) is 17.8 Å². The molecule has 0 saturated carbocycles. The highest BCUT2D eigenvalue weighted by Crippen LogP contribution is 2.24. The van der Waals surface area contributed by atoms with Crippen LogP contribution < -0.4 is 5.32 Å². The van der Waals surface area contributed by atoms with Crippen LogP contribution in [0.15, 0.2) is 60.0 Å². The Kier molecular flexibility index (Phi) is 4.78. The smallest absolute Gasteiger partial charge is 0.226 e. The molecule has 0 fully saturated rings. The number of aromatic nitrogens is 1. The Balaban J connectivity index is 1.59. The zero-order chi connectivity index (χ0) is 16.1. The van der Waals surface area contributed by atoms with Gasteiger partial charge in [0.2, 0.25) is 5.91 Å². The third-order valence-corrected chi connectivity index (χ3v) is 4.24. The molecule has 3 nitrogen and oxygen atoms in total. The second kappa shape index (κ2) is 7.15. The zero-order valence-electron chi connectivity index (χ0n) is 12.3. The lowest BCUT2D eigenvalue weighted by Crippen LogP contribution is -2.24. The van der Waals surface area contributed by atoms with E-state index in [0.29, 0.717) is 12.2 Å². The van der Waals surface area contributed by atoms with Crippen molar-refractivity contribution in [1.29, 1.82) is 0 Å². The third-order valence-electron chi connectivity index (χ3n) is 3.30. The van der Waals surface area contributed by atoms with E-state index in [1.807, 2.05) is 35.7 Å². The quantitative estimate of drug-likeness (QED) is 0.775. The van der Waals surface area contributed by atoms with Crippen molar-refractivity contribution < 1.29 is 9.18 Å². The molecule has 0 radical (unpaired) electrons. The second-order valence-electron chi connectivity index (χ2n) is 5.09. The van der Waals surface area contributed by atoms with Crippen molar-refractivity contribution in [3.05, 3.63) is 77.1 Å². The van der Waals surface area contributed by atoms with Gasteiger partial charge in [-0.3, -0.25) is 4.79 Å². The van der Waals surface area contributed by atoms with Gasteiger partial charge in [0.25, 0.3) is 0 Å². The summed E-state index contributed by atoms with van der Waals surface area (Å²) in [6, 6.07) is 16.0. The lowest BCUT2D eigenvalue weighted by molar-refractivity contribution is -0.120. The number of rotatable bonds is 5. The van der Waals surface area contributed by atoms with Gasteiger partial charge >= 0.3 is 0 Å². The van der Waals surface area contributed by atoms with E-state index in [1.165, 1.54) is 23.5 Å². The number of halogens is 1. The van der Waals surface area contributed by atoms with E-state index in [1.54, 1.807) is 12.1 Å². The van der Waals surface area contributed by atoms with Gasteiger partial charge in [0.15, 0.2) is 0 Å². The van der Waals surface area contributed by atoms with Gasteiger partial charge < -0.3 is 5.32 Å². The summed E-state index contributed by atoms with van der Waals surface area (Å²) in [5.41, 5.74) is 2.48. The Bertz CT molecular complexity index is 802. The summed E-state index contributed by atoms with van der Waals surface area (Å²) in [4.78, 5) is 16.4. The van der Waals surface area contributed by atoms with Crippen molar-refractivity contribution in [2.45, 2.75) is 13.0 Å². The molecule has 0 atom stereocenters. The second-order valence-corrected chi connectivity index (χ2v) is 5.95. The Morgan fingerprint density at radius 2 is 1.96 bits per heavy atom. The van der Waals surface area contributed by atoms with E-state index in [2.05, 4.69) is 10.3 Å². The zero-order valence-corrected chi connectivity index (χ0v) is 13.1. The molecule has 0 aliphatic carbocycles. The molecule has 1 heterocycles. The van der Waals surface area contributed by atoms with E-state index in [9.17, 15) is 9.18 Å². The highest BCUT2D eigenvalue weighted by molar-refractivity contribution is 7.13. The lowest BCUT2D eigenvalue weighted by Gasteiger charge is -2.03. The lowest BCUT2D eigenvalue weighted by atomic mass is 10.2. The van der Waals surface area contributed by atoms with Crippen molar-refractivity contribution in [1.82, 2.24) is 10.3 Å². The Hall–Kier alpha value is -2.53. The molecular weight excluding hydrogens is 311 g/mol. The average molecular weight is 326 g/mol. The van der Waals surface area contributed by atoms with E-state index in [-0.39, 0.29) is 18.1 Å². The molecule has 0 aliphatic rings. The molecule has 0 unspecified atom stereocenters. The van der Waals surface area contributed by atoms with E-state index >= 15 is 0 Å². The Morgan fingerprint density at radius 3 is 2.74 bits per heavy atom. The Labute approximate surface area is 137 Å². The van der Waals surface area contributed by atoms with E-state index in [0.717, 1.165) is 16.1 Å². The third kappa shape index (κ3) is 4.23. The van der Waals surface area contributed by atoms with Crippen molar-refractivity contribution >= 4 is 17.2 Å². The van der Waals surface area contributed by atoms with Gasteiger partial charge in [-0.2, -0.15) is 0 Å². The number of hydrogen-bond donors (Lipinski definition) is 1. The standard InChI is InChI=1S/C18H15FN2OS/c19-15-8-4-7-14(9-15)18-21-16(12-23-18)10-17(22)20-11-13-5-2-1-3-6-13/h1-9,12H,10-11H2,(H,20,22). The molecule has 0 spiro atoms. The predicted molar refractivity (Wildman–Crippen MR) is 89.5 cm³/mol. The molecule has 23 heavy (non-hydrogen) atoms. The van der Waals surface area contributed by atoms with Crippen LogP contribution in [-0.4, -0.2) is 10.9 Å². The average Bonchev–Trinajstić information content (AvgIpc) is 3.02. The van der Waals surface area contributed by atoms with Crippen molar-refractivity contribution in [2.24, 2.45) is 0 Å². The van der Waals surface area contributed by atoms with E-state index in [4.69, 9.17) is 0 Å². The number of carbonyl (C=O) groups is 1. The van der Waals surface area contributed by atoms with Crippen molar-refractivity contribution in [3.8, 4) is 10.6 Å². The summed E-state index contributed by atoms with van der Waals surface area (Å²) >= 11 is 1.41. The molecule has 0 saturated heterocycles. The molecule has 3 aromatic rings. The fraction of sp³-hybridized carbons (Fsp3) is 0.111. The molecule has 1 amide bonds. The van der Waals surface area contributed by atoms with Crippen LogP contribution in [0.2, 0.25) is 0 Å². The molecular formula is C18H15FN2OS. The van der Waals surface area contributed by atoms with Crippen LogP contribution in [0.1, 0.15) is 11.3 Å². The highest BCUT2D eigenvalue weighted by atomic mass is 32.1. The fourth-order valence-electron chi connectivity index (χ4n) is 2.17. The molecule has 2 aromatic carbocycles. The van der Waals surface area contributed by atoms with Crippen LogP contribution in [0, 0.1) is 5.82 Å². The number of thiazole rings is 1. The largest absolute Gasteiger partial charge is 0.352 e. The first-order chi connectivity index (χ1) is 11.2. The minimum Gasteiger partial charge on any atom is -0.352 e. The minimum atomic E-state index is -0.292. The summed E-state index contributed by atoms with van der Waals surface area (Å²) in [6.45, 7) is 0.501. The first kappa shape index (κ1) is 15.4. The van der Waals surface area contributed by atoms with Gasteiger partial charge in [-0.15, -0.1) is 11.3 Å². The van der Waals surface area contributed by atoms with Crippen molar-refractivity contribution in [3.63, 3.8) is 0 Å². The monoisotopic (exact) mass is 326 g/mol. The first-order valence-corrected chi connectivity index (χ1v) is 8.09. The summed E-state index contributed by atoms with van der Waals surface area (Å²) in [6.07, 6.45) is 0.221. The van der Waals surface area contributed by atoms with Crippen LogP contribution in [0.5, 0.6) is 0 Å². The number of benzene rings is 2. The van der Waals surface area contributed by atoms with Crippen LogP contribution in [0.3, 0.4) is 0 Å². The number of nitrogens with zero attached hydrogens (tertiary/aromatic N) is 1. The van der Waals surface area contributed by atoms with Gasteiger partial charge in [-0.1, -0.05) is 42.5 Å². The first-order valence-electron chi connectivity index (χ1n) is 7.22. The molecule has 1 aromatic heterocycles. The maximum atomic E-state index is 13.2. The summed E-state index contributed by atoms with van der Waals surface area (Å²) < 4.78 is 13.2. The van der Waals surface area contributed by atoms with E-state index < -0.39 is 0 Å². The normalized spacial score (nSPS) is 10.5. The summed E-state index contributed by atoms with van der Waals surface area (Å²) in [5.74, 6) is -0.371. The van der Waals surface area contributed by atoms with Gasteiger partial charge in [-0.05, 0) is 17.7 Å². The van der Waals surface area contributed by atoms with Crippen LogP contribution in [0.25, 0.3) is 10.6 Å². The predicted octanol–water partition coefficient (Wildman–Crippen LogP) is 3.81. The van der Waals surface area contributed by atoms with Gasteiger partial charge in [-0.25, -0.2) is 9.37 Å².